The molecule has 4 heteroatoms. The molecule has 17 heavy (non-hydrogen) atoms. The van der Waals surface area contributed by atoms with Crippen molar-refractivity contribution in [3.05, 3.63) is 0 Å². The van der Waals surface area contributed by atoms with Gasteiger partial charge in [0.15, 0.2) is 0 Å². The van der Waals surface area contributed by atoms with Gasteiger partial charge in [-0.1, -0.05) is 19.3 Å². The van der Waals surface area contributed by atoms with Gasteiger partial charge in [-0.05, 0) is 32.1 Å². The number of rotatable bonds is 3. The van der Waals surface area contributed by atoms with Crippen molar-refractivity contribution < 1.29 is 9.90 Å². The molecule has 1 saturated heterocycles. The second kappa shape index (κ2) is 5.83. The van der Waals surface area contributed by atoms with E-state index < -0.39 is 0 Å². The van der Waals surface area contributed by atoms with Crippen LogP contribution in [0.3, 0.4) is 0 Å². The van der Waals surface area contributed by atoms with Gasteiger partial charge in [0.1, 0.15) is 0 Å². The standard InChI is InChI=1S/C13H24N2O2/c16-10-13(7-3-1-4-8-13)15-11-6-2-5-9-14-12(11)17/h11,15-16H,1-10H2,(H,14,17). The lowest BCUT2D eigenvalue weighted by Crippen LogP contribution is -2.57. The van der Waals surface area contributed by atoms with Crippen molar-refractivity contribution in [2.75, 3.05) is 13.2 Å². The fraction of sp³-hybridized carbons (Fsp3) is 0.923. The summed E-state index contributed by atoms with van der Waals surface area (Å²) in [6, 6.07) is -0.109. The summed E-state index contributed by atoms with van der Waals surface area (Å²) in [5.41, 5.74) is -0.204. The summed E-state index contributed by atoms with van der Waals surface area (Å²) in [7, 11) is 0. The predicted octanol–water partition coefficient (Wildman–Crippen LogP) is 0.940. The van der Waals surface area contributed by atoms with Crippen molar-refractivity contribution in [1.82, 2.24) is 10.6 Å². The fourth-order valence-electron chi connectivity index (χ4n) is 3.02. The van der Waals surface area contributed by atoms with Gasteiger partial charge in [0, 0.05) is 12.1 Å². The maximum absolute atomic E-state index is 11.9. The number of hydrogen-bond acceptors (Lipinski definition) is 3. The van der Waals surface area contributed by atoms with Crippen LogP contribution in [0.2, 0.25) is 0 Å². The summed E-state index contributed by atoms with van der Waals surface area (Å²) >= 11 is 0. The Kier molecular flexibility index (Phi) is 4.40. The van der Waals surface area contributed by atoms with E-state index in [1.54, 1.807) is 0 Å². The molecule has 0 aromatic carbocycles. The van der Waals surface area contributed by atoms with E-state index in [0.717, 1.165) is 51.5 Å². The minimum absolute atomic E-state index is 0.109. The molecule has 1 aliphatic carbocycles. The third kappa shape index (κ3) is 3.19. The first-order chi connectivity index (χ1) is 8.26. The third-order valence-electron chi connectivity index (χ3n) is 4.13. The lowest BCUT2D eigenvalue weighted by atomic mass is 9.81. The minimum atomic E-state index is -0.204. The highest BCUT2D eigenvalue weighted by atomic mass is 16.3. The molecule has 1 atom stereocenters. The number of aliphatic hydroxyl groups excluding tert-OH is 1. The number of amides is 1. The van der Waals surface area contributed by atoms with Crippen LogP contribution >= 0.6 is 0 Å². The van der Waals surface area contributed by atoms with Crippen LogP contribution in [0.25, 0.3) is 0 Å². The Balaban J connectivity index is 1.98. The van der Waals surface area contributed by atoms with Crippen LogP contribution in [-0.4, -0.2) is 35.7 Å². The van der Waals surface area contributed by atoms with Crippen molar-refractivity contribution in [3.63, 3.8) is 0 Å². The molecule has 3 N–H and O–H groups in total. The van der Waals surface area contributed by atoms with Gasteiger partial charge in [-0.25, -0.2) is 0 Å². The summed E-state index contributed by atoms with van der Waals surface area (Å²) in [4.78, 5) is 11.9. The zero-order valence-electron chi connectivity index (χ0n) is 10.5. The molecular weight excluding hydrogens is 216 g/mol. The third-order valence-corrected chi connectivity index (χ3v) is 4.13. The number of nitrogens with one attached hydrogen (secondary N) is 2. The zero-order chi connectivity index (χ0) is 12.1. The highest BCUT2D eigenvalue weighted by Gasteiger charge is 2.35. The monoisotopic (exact) mass is 240 g/mol. The van der Waals surface area contributed by atoms with Crippen molar-refractivity contribution in [2.24, 2.45) is 0 Å². The molecule has 0 bridgehead atoms. The molecule has 4 nitrogen and oxygen atoms in total. The van der Waals surface area contributed by atoms with Crippen LogP contribution in [-0.2, 0) is 4.79 Å². The Morgan fingerprint density at radius 1 is 1.24 bits per heavy atom. The van der Waals surface area contributed by atoms with Crippen molar-refractivity contribution in [3.8, 4) is 0 Å². The average molecular weight is 240 g/mol. The molecule has 0 aromatic heterocycles. The molecule has 0 spiro atoms. The molecule has 0 radical (unpaired) electrons. The molecule has 1 unspecified atom stereocenters. The zero-order valence-corrected chi connectivity index (χ0v) is 10.5. The van der Waals surface area contributed by atoms with E-state index in [4.69, 9.17) is 0 Å². The van der Waals surface area contributed by atoms with Gasteiger partial charge >= 0.3 is 0 Å². The van der Waals surface area contributed by atoms with E-state index in [1.165, 1.54) is 6.42 Å². The van der Waals surface area contributed by atoms with Gasteiger partial charge in [-0.3, -0.25) is 10.1 Å². The lowest BCUT2D eigenvalue weighted by molar-refractivity contribution is -0.123. The SMILES string of the molecule is O=C1NCCCCC1NC1(CO)CCCCC1. The second-order valence-corrected chi connectivity index (χ2v) is 5.48. The summed E-state index contributed by atoms with van der Waals surface area (Å²) in [6.45, 7) is 0.944. The first kappa shape index (κ1) is 12.8. The molecule has 1 heterocycles. The average Bonchev–Trinajstić information content (AvgIpc) is 2.56. The lowest BCUT2D eigenvalue weighted by Gasteiger charge is -2.39. The van der Waals surface area contributed by atoms with Crippen molar-refractivity contribution in [2.45, 2.75) is 62.9 Å². The van der Waals surface area contributed by atoms with Crippen molar-refractivity contribution >= 4 is 5.91 Å². The Labute approximate surface area is 103 Å². The largest absolute Gasteiger partial charge is 0.394 e. The van der Waals surface area contributed by atoms with Gasteiger partial charge in [0.25, 0.3) is 0 Å². The van der Waals surface area contributed by atoms with Crippen molar-refractivity contribution in [1.29, 1.82) is 0 Å². The van der Waals surface area contributed by atoms with E-state index in [0.29, 0.717) is 0 Å². The highest BCUT2D eigenvalue weighted by molar-refractivity contribution is 5.82. The topological polar surface area (TPSA) is 61.4 Å². The molecule has 98 valence electrons. The van der Waals surface area contributed by atoms with Gasteiger partial charge in [0.2, 0.25) is 5.91 Å². The minimum Gasteiger partial charge on any atom is -0.394 e. The Bertz CT molecular complexity index is 262. The number of carbonyl (C=O) groups excluding carboxylic acids is 1. The van der Waals surface area contributed by atoms with E-state index in [9.17, 15) is 9.90 Å². The van der Waals surface area contributed by atoms with Crippen LogP contribution in [0.5, 0.6) is 0 Å². The molecule has 2 aliphatic rings. The second-order valence-electron chi connectivity index (χ2n) is 5.48. The Hall–Kier alpha value is -0.610. The number of hydrogen-bond donors (Lipinski definition) is 3. The molecular formula is C13H24N2O2. The number of aliphatic hydroxyl groups is 1. The number of carbonyl (C=O) groups is 1. The quantitative estimate of drug-likeness (QED) is 0.688. The Morgan fingerprint density at radius 3 is 2.71 bits per heavy atom. The van der Waals surface area contributed by atoms with Gasteiger partial charge in [-0.2, -0.15) is 0 Å². The van der Waals surface area contributed by atoms with Crippen LogP contribution in [0.1, 0.15) is 51.4 Å². The van der Waals surface area contributed by atoms with E-state index in [2.05, 4.69) is 10.6 Å². The van der Waals surface area contributed by atoms with Crippen LogP contribution in [0.4, 0.5) is 0 Å². The summed E-state index contributed by atoms with van der Waals surface area (Å²) in [5.74, 6) is 0.112. The van der Waals surface area contributed by atoms with Crippen LogP contribution in [0, 0.1) is 0 Å². The molecule has 2 fully saturated rings. The fourth-order valence-corrected chi connectivity index (χ4v) is 3.02. The maximum atomic E-state index is 11.9. The molecule has 1 amide bonds. The van der Waals surface area contributed by atoms with Crippen LogP contribution < -0.4 is 10.6 Å². The normalized spacial score (nSPS) is 29.5. The first-order valence-electron chi connectivity index (χ1n) is 6.92. The molecule has 1 saturated carbocycles. The van der Waals surface area contributed by atoms with E-state index in [1.807, 2.05) is 0 Å². The summed E-state index contributed by atoms with van der Waals surface area (Å²) < 4.78 is 0. The molecule has 1 aliphatic heterocycles. The smallest absolute Gasteiger partial charge is 0.237 e. The summed E-state index contributed by atoms with van der Waals surface area (Å²) in [6.07, 6.45) is 8.59. The first-order valence-corrected chi connectivity index (χ1v) is 6.92. The highest BCUT2D eigenvalue weighted by Crippen LogP contribution is 2.28. The van der Waals surface area contributed by atoms with Crippen LogP contribution in [0.15, 0.2) is 0 Å². The Morgan fingerprint density at radius 2 is 2.00 bits per heavy atom. The summed E-state index contributed by atoms with van der Waals surface area (Å²) in [5, 5.41) is 16.0. The predicted molar refractivity (Wildman–Crippen MR) is 66.7 cm³/mol. The molecule has 0 aromatic rings. The maximum Gasteiger partial charge on any atom is 0.237 e. The van der Waals surface area contributed by atoms with E-state index >= 15 is 0 Å². The molecule has 2 rings (SSSR count). The van der Waals surface area contributed by atoms with Gasteiger partial charge in [-0.15, -0.1) is 0 Å². The van der Waals surface area contributed by atoms with Gasteiger partial charge in [0.05, 0.1) is 12.6 Å². The van der Waals surface area contributed by atoms with Gasteiger partial charge < -0.3 is 10.4 Å². The van der Waals surface area contributed by atoms with E-state index in [-0.39, 0.29) is 24.1 Å².